The summed E-state index contributed by atoms with van der Waals surface area (Å²) in [4.78, 5) is 42.6. The fraction of sp³-hybridized carbons (Fsp3) is 0.522. The predicted molar refractivity (Wildman–Crippen MR) is 130 cm³/mol. The van der Waals surface area contributed by atoms with Crippen LogP contribution in [0, 0.1) is 5.92 Å². The SMILES string of the molecule is CSCC[C@H](NC(=O)[C@H](CC(C)C)N(C)C(=O)[C@H](N)Cc1c[nH]c2ccccc12)C(N)=O. The van der Waals surface area contributed by atoms with Crippen molar-refractivity contribution in [2.75, 3.05) is 19.1 Å². The molecule has 0 aliphatic rings. The first-order valence-corrected chi connectivity index (χ1v) is 12.2. The smallest absolute Gasteiger partial charge is 0.243 e. The number of para-hydroxylation sites is 1. The highest BCUT2D eigenvalue weighted by atomic mass is 32.2. The summed E-state index contributed by atoms with van der Waals surface area (Å²) in [5.74, 6) is -0.452. The molecule has 9 heteroatoms. The van der Waals surface area contributed by atoms with E-state index in [1.807, 2.05) is 50.6 Å². The van der Waals surface area contributed by atoms with Crippen LogP contribution >= 0.6 is 11.8 Å². The van der Waals surface area contributed by atoms with Crippen molar-refractivity contribution in [3.63, 3.8) is 0 Å². The van der Waals surface area contributed by atoms with Crippen LogP contribution in [0.15, 0.2) is 30.5 Å². The lowest BCUT2D eigenvalue weighted by Gasteiger charge is -2.31. The van der Waals surface area contributed by atoms with Crippen LogP contribution in [0.4, 0.5) is 0 Å². The topological polar surface area (TPSA) is 134 Å². The molecular formula is C23H35N5O3S. The molecule has 0 bridgehead atoms. The summed E-state index contributed by atoms with van der Waals surface area (Å²) < 4.78 is 0. The van der Waals surface area contributed by atoms with E-state index in [1.54, 1.807) is 18.8 Å². The number of nitrogens with zero attached hydrogens (tertiary/aromatic N) is 1. The lowest BCUT2D eigenvalue weighted by atomic mass is 9.99. The fourth-order valence-corrected chi connectivity index (χ4v) is 4.19. The van der Waals surface area contributed by atoms with Gasteiger partial charge in [0.1, 0.15) is 12.1 Å². The number of aromatic nitrogens is 1. The number of carbonyl (C=O) groups is 3. The minimum Gasteiger partial charge on any atom is -0.368 e. The first kappa shape index (κ1) is 25.7. The Labute approximate surface area is 193 Å². The van der Waals surface area contributed by atoms with Crippen molar-refractivity contribution < 1.29 is 14.4 Å². The fourth-order valence-electron chi connectivity index (χ4n) is 3.72. The number of thioether (sulfide) groups is 1. The van der Waals surface area contributed by atoms with Gasteiger partial charge in [-0.15, -0.1) is 0 Å². The third-order valence-corrected chi connectivity index (χ3v) is 6.16. The number of benzene rings is 1. The van der Waals surface area contributed by atoms with Gasteiger partial charge in [-0.2, -0.15) is 11.8 Å². The van der Waals surface area contributed by atoms with E-state index in [0.29, 0.717) is 25.0 Å². The Hall–Kier alpha value is -2.52. The number of fused-ring (bicyclic) bond motifs is 1. The highest BCUT2D eigenvalue weighted by molar-refractivity contribution is 7.98. The first-order chi connectivity index (χ1) is 15.1. The van der Waals surface area contributed by atoms with Gasteiger partial charge in [0.2, 0.25) is 17.7 Å². The Kier molecular flexibility index (Phi) is 9.59. The van der Waals surface area contributed by atoms with Gasteiger partial charge in [-0.25, -0.2) is 0 Å². The number of hydrogen-bond acceptors (Lipinski definition) is 5. The normalized spacial score (nSPS) is 14.2. The second-order valence-electron chi connectivity index (χ2n) is 8.51. The molecule has 0 saturated carbocycles. The third kappa shape index (κ3) is 6.74. The minimum absolute atomic E-state index is 0.157. The Balaban J connectivity index is 2.13. The van der Waals surface area contributed by atoms with Crippen LogP contribution in [-0.2, 0) is 20.8 Å². The Morgan fingerprint density at radius 3 is 2.53 bits per heavy atom. The molecule has 0 aliphatic heterocycles. The summed E-state index contributed by atoms with van der Waals surface area (Å²) >= 11 is 1.57. The molecule has 0 saturated heterocycles. The molecular weight excluding hydrogens is 426 g/mol. The molecule has 3 amide bonds. The summed E-state index contributed by atoms with van der Waals surface area (Å²) in [5, 5.41) is 3.76. The average molecular weight is 462 g/mol. The summed E-state index contributed by atoms with van der Waals surface area (Å²) in [5.41, 5.74) is 13.7. The molecule has 0 aliphatic carbocycles. The van der Waals surface area contributed by atoms with Crippen molar-refractivity contribution in [1.29, 1.82) is 0 Å². The second-order valence-corrected chi connectivity index (χ2v) is 9.50. The van der Waals surface area contributed by atoms with Crippen LogP contribution in [0.5, 0.6) is 0 Å². The summed E-state index contributed by atoms with van der Waals surface area (Å²) in [6.45, 7) is 3.95. The molecule has 6 N–H and O–H groups in total. The van der Waals surface area contributed by atoms with E-state index in [1.165, 1.54) is 4.90 Å². The highest BCUT2D eigenvalue weighted by Crippen LogP contribution is 2.20. The molecule has 0 spiro atoms. The number of likely N-dealkylation sites (N-methyl/N-ethyl adjacent to an activating group) is 1. The van der Waals surface area contributed by atoms with E-state index in [4.69, 9.17) is 11.5 Å². The van der Waals surface area contributed by atoms with Crippen LogP contribution in [0.2, 0.25) is 0 Å². The average Bonchev–Trinajstić information content (AvgIpc) is 3.16. The molecule has 176 valence electrons. The van der Waals surface area contributed by atoms with Gasteiger partial charge in [0.25, 0.3) is 0 Å². The summed E-state index contributed by atoms with van der Waals surface area (Å²) in [6, 6.07) is 5.51. The zero-order chi connectivity index (χ0) is 23.8. The standard InChI is InChI=1S/C23H35N5O3S/c1-14(2)11-20(22(30)27-19(21(25)29)9-10-32-4)28(3)23(31)17(24)12-15-13-26-18-8-6-5-7-16(15)18/h5-8,13-14,17,19-20,26H,9-12,24H2,1-4H3,(H2,25,29)(H,27,30)/t17-,19+,20+/m1/s1. The van der Waals surface area contributed by atoms with E-state index >= 15 is 0 Å². The maximum absolute atomic E-state index is 13.1. The van der Waals surface area contributed by atoms with E-state index < -0.39 is 29.9 Å². The van der Waals surface area contributed by atoms with Crippen LogP contribution in [0.25, 0.3) is 10.9 Å². The van der Waals surface area contributed by atoms with Crippen molar-refractivity contribution >= 4 is 40.4 Å². The van der Waals surface area contributed by atoms with Crippen molar-refractivity contribution in [2.24, 2.45) is 17.4 Å². The molecule has 32 heavy (non-hydrogen) atoms. The van der Waals surface area contributed by atoms with Crippen LogP contribution < -0.4 is 16.8 Å². The molecule has 1 aromatic heterocycles. The lowest BCUT2D eigenvalue weighted by molar-refractivity contribution is -0.141. The Morgan fingerprint density at radius 2 is 1.91 bits per heavy atom. The molecule has 3 atom stereocenters. The van der Waals surface area contributed by atoms with Gasteiger partial charge in [-0.3, -0.25) is 14.4 Å². The highest BCUT2D eigenvalue weighted by Gasteiger charge is 2.32. The van der Waals surface area contributed by atoms with Gasteiger partial charge >= 0.3 is 0 Å². The quantitative estimate of drug-likeness (QED) is 0.381. The maximum Gasteiger partial charge on any atom is 0.243 e. The number of nitrogens with two attached hydrogens (primary N) is 2. The summed E-state index contributed by atoms with van der Waals surface area (Å²) in [7, 11) is 1.59. The van der Waals surface area contributed by atoms with Gasteiger partial charge in [0.15, 0.2) is 0 Å². The zero-order valence-electron chi connectivity index (χ0n) is 19.3. The van der Waals surface area contributed by atoms with Gasteiger partial charge in [-0.1, -0.05) is 32.0 Å². The molecule has 0 radical (unpaired) electrons. The molecule has 0 unspecified atom stereocenters. The Morgan fingerprint density at radius 1 is 1.22 bits per heavy atom. The monoisotopic (exact) mass is 461 g/mol. The van der Waals surface area contributed by atoms with Crippen molar-refractivity contribution in [1.82, 2.24) is 15.2 Å². The van der Waals surface area contributed by atoms with Gasteiger partial charge < -0.3 is 26.7 Å². The molecule has 8 nitrogen and oxygen atoms in total. The number of rotatable bonds is 12. The first-order valence-electron chi connectivity index (χ1n) is 10.8. The van der Waals surface area contributed by atoms with Crippen molar-refractivity contribution in [3.8, 4) is 0 Å². The molecule has 1 aromatic carbocycles. The van der Waals surface area contributed by atoms with Crippen LogP contribution in [0.1, 0.15) is 32.3 Å². The van der Waals surface area contributed by atoms with Gasteiger partial charge in [0, 0.05) is 24.1 Å². The molecule has 0 fully saturated rings. The van der Waals surface area contributed by atoms with E-state index in [9.17, 15) is 14.4 Å². The number of amides is 3. The Bertz CT molecular complexity index is 929. The number of hydrogen-bond donors (Lipinski definition) is 4. The van der Waals surface area contributed by atoms with Crippen LogP contribution in [0.3, 0.4) is 0 Å². The molecule has 2 aromatic rings. The molecule has 1 heterocycles. The number of aromatic amines is 1. The third-order valence-electron chi connectivity index (χ3n) is 5.51. The minimum atomic E-state index is -0.801. The molecule has 2 rings (SSSR count). The van der Waals surface area contributed by atoms with Gasteiger partial charge in [0.05, 0.1) is 6.04 Å². The van der Waals surface area contributed by atoms with Crippen molar-refractivity contribution in [2.45, 2.75) is 51.2 Å². The second kappa shape index (κ2) is 11.9. The number of nitrogens with one attached hydrogen (secondary N) is 2. The predicted octanol–water partition coefficient (Wildman–Crippen LogP) is 1.63. The lowest BCUT2D eigenvalue weighted by Crippen LogP contribution is -2.56. The number of H-pyrrole nitrogens is 1. The van der Waals surface area contributed by atoms with Crippen molar-refractivity contribution in [3.05, 3.63) is 36.0 Å². The number of carbonyl (C=O) groups excluding carboxylic acids is 3. The maximum atomic E-state index is 13.1. The largest absolute Gasteiger partial charge is 0.368 e. The van der Waals surface area contributed by atoms with E-state index in [2.05, 4.69) is 10.3 Å². The van der Waals surface area contributed by atoms with Crippen LogP contribution in [-0.4, -0.2) is 64.8 Å². The number of primary amides is 1. The zero-order valence-corrected chi connectivity index (χ0v) is 20.1. The van der Waals surface area contributed by atoms with E-state index in [-0.39, 0.29) is 11.8 Å². The van der Waals surface area contributed by atoms with E-state index in [0.717, 1.165) is 16.5 Å². The van der Waals surface area contributed by atoms with Gasteiger partial charge in [-0.05, 0) is 48.8 Å². The summed E-state index contributed by atoms with van der Waals surface area (Å²) in [6.07, 6.45) is 5.01.